The lowest BCUT2D eigenvalue weighted by Gasteiger charge is -2.38. The van der Waals surface area contributed by atoms with Gasteiger partial charge in [-0.15, -0.1) is 0 Å². The van der Waals surface area contributed by atoms with E-state index in [-0.39, 0.29) is 29.4 Å². The van der Waals surface area contributed by atoms with E-state index in [1.807, 2.05) is 12.1 Å². The molecule has 1 aromatic carbocycles. The lowest BCUT2D eigenvalue weighted by atomic mass is 9.69. The number of nitrogens with zero attached hydrogens (tertiary/aromatic N) is 2. The maximum atomic E-state index is 12.6. The summed E-state index contributed by atoms with van der Waals surface area (Å²) in [4.78, 5) is 24.1. The van der Waals surface area contributed by atoms with Crippen molar-refractivity contribution in [2.75, 3.05) is 13.3 Å². The Morgan fingerprint density at radius 1 is 1.15 bits per heavy atom. The second-order valence-electron chi connectivity index (χ2n) is 7.27. The molecule has 0 unspecified atom stereocenters. The number of fused-ring (bicyclic) bond motifs is 1. The third kappa shape index (κ3) is 3.41. The standard InChI is InChI=1S/C20H23N3O4/c1-23-18(24)8-6-15(22-23)19(25)21-12-20(9-3-2-4-10-20)14-5-7-16-17(11-14)27-13-26-16/h5-8,11H,2-4,9-10,12-13H2,1H3,(H,21,25). The number of hydrogen-bond acceptors (Lipinski definition) is 5. The molecule has 1 saturated carbocycles. The Morgan fingerprint density at radius 3 is 2.70 bits per heavy atom. The number of rotatable bonds is 4. The predicted octanol–water partition coefficient (Wildman–Crippen LogP) is 2.14. The number of amides is 1. The highest BCUT2D eigenvalue weighted by Crippen LogP contribution is 2.43. The molecule has 1 aromatic heterocycles. The number of aromatic nitrogens is 2. The van der Waals surface area contributed by atoms with Crippen LogP contribution in [-0.4, -0.2) is 29.0 Å². The summed E-state index contributed by atoms with van der Waals surface area (Å²) in [5.41, 5.74) is 1.04. The van der Waals surface area contributed by atoms with Crippen LogP contribution >= 0.6 is 0 Å². The third-order valence-corrected chi connectivity index (χ3v) is 5.58. The molecule has 1 aliphatic heterocycles. The molecule has 2 heterocycles. The molecular weight excluding hydrogens is 346 g/mol. The number of benzene rings is 1. The molecule has 0 spiro atoms. The zero-order valence-corrected chi connectivity index (χ0v) is 15.4. The third-order valence-electron chi connectivity index (χ3n) is 5.58. The molecule has 0 saturated heterocycles. The fourth-order valence-corrected chi connectivity index (χ4v) is 3.99. The van der Waals surface area contributed by atoms with E-state index in [1.165, 1.54) is 35.8 Å². The van der Waals surface area contributed by atoms with Crippen LogP contribution in [0.5, 0.6) is 11.5 Å². The zero-order valence-electron chi connectivity index (χ0n) is 15.4. The SMILES string of the molecule is Cn1nc(C(=O)NCC2(c3ccc4c(c3)OCO4)CCCCC2)ccc1=O. The molecule has 27 heavy (non-hydrogen) atoms. The van der Waals surface area contributed by atoms with Crippen LogP contribution in [0.2, 0.25) is 0 Å². The minimum absolute atomic E-state index is 0.129. The van der Waals surface area contributed by atoms with Crippen molar-refractivity contribution in [2.24, 2.45) is 7.05 Å². The first-order chi connectivity index (χ1) is 13.1. The van der Waals surface area contributed by atoms with Crippen molar-refractivity contribution >= 4 is 5.91 Å². The number of hydrogen-bond donors (Lipinski definition) is 1. The largest absolute Gasteiger partial charge is 0.454 e. The Hall–Kier alpha value is -2.83. The summed E-state index contributed by atoms with van der Waals surface area (Å²) in [5, 5.41) is 7.07. The molecule has 1 amide bonds. The lowest BCUT2D eigenvalue weighted by Crippen LogP contribution is -2.42. The van der Waals surface area contributed by atoms with Gasteiger partial charge in [0.25, 0.3) is 11.5 Å². The summed E-state index contributed by atoms with van der Waals surface area (Å²) in [6, 6.07) is 8.89. The summed E-state index contributed by atoms with van der Waals surface area (Å²) in [6.45, 7) is 0.775. The van der Waals surface area contributed by atoms with E-state index in [2.05, 4.69) is 16.5 Å². The van der Waals surface area contributed by atoms with Crippen molar-refractivity contribution in [3.8, 4) is 11.5 Å². The molecule has 1 N–H and O–H groups in total. The molecule has 0 radical (unpaired) electrons. The van der Waals surface area contributed by atoms with E-state index in [1.54, 1.807) is 0 Å². The summed E-state index contributed by atoms with van der Waals surface area (Å²) in [6.07, 6.45) is 5.48. The Kier molecular flexibility index (Phi) is 4.59. The molecule has 1 fully saturated rings. The van der Waals surface area contributed by atoms with Gasteiger partial charge in [0.15, 0.2) is 11.5 Å². The van der Waals surface area contributed by atoms with E-state index in [9.17, 15) is 9.59 Å². The van der Waals surface area contributed by atoms with Gasteiger partial charge in [-0.3, -0.25) is 9.59 Å². The Morgan fingerprint density at radius 2 is 1.93 bits per heavy atom. The van der Waals surface area contributed by atoms with Crippen LogP contribution in [0.3, 0.4) is 0 Å². The van der Waals surface area contributed by atoms with E-state index in [0.717, 1.165) is 37.2 Å². The zero-order chi connectivity index (χ0) is 18.9. The molecule has 4 rings (SSSR count). The maximum absolute atomic E-state index is 12.6. The van der Waals surface area contributed by atoms with Crippen molar-refractivity contribution in [2.45, 2.75) is 37.5 Å². The monoisotopic (exact) mass is 369 g/mol. The predicted molar refractivity (Wildman–Crippen MR) is 99.1 cm³/mol. The molecule has 1 aliphatic carbocycles. The highest BCUT2D eigenvalue weighted by Gasteiger charge is 2.35. The number of carbonyl (C=O) groups excluding carboxylic acids is 1. The van der Waals surface area contributed by atoms with Crippen LogP contribution in [0.15, 0.2) is 35.1 Å². The van der Waals surface area contributed by atoms with E-state index in [4.69, 9.17) is 9.47 Å². The summed E-state index contributed by atoms with van der Waals surface area (Å²) in [5.74, 6) is 1.27. The van der Waals surface area contributed by atoms with Gasteiger partial charge in [0.05, 0.1) is 0 Å². The Bertz CT molecular complexity index is 916. The van der Waals surface area contributed by atoms with Crippen LogP contribution in [-0.2, 0) is 12.5 Å². The number of aryl methyl sites for hydroxylation is 1. The number of ether oxygens (including phenoxy) is 2. The minimum atomic E-state index is -0.267. The van der Waals surface area contributed by atoms with E-state index in [0.29, 0.717) is 6.54 Å². The van der Waals surface area contributed by atoms with Gasteiger partial charge in [-0.2, -0.15) is 5.10 Å². The maximum Gasteiger partial charge on any atom is 0.271 e. The fraction of sp³-hybridized carbons (Fsp3) is 0.450. The summed E-state index contributed by atoms with van der Waals surface area (Å²) in [7, 11) is 1.54. The topological polar surface area (TPSA) is 82.5 Å². The first-order valence-electron chi connectivity index (χ1n) is 9.30. The smallest absolute Gasteiger partial charge is 0.271 e. The van der Waals surface area contributed by atoms with Crippen molar-refractivity contribution in [1.82, 2.24) is 15.1 Å². The van der Waals surface area contributed by atoms with Crippen LogP contribution < -0.4 is 20.3 Å². The van der Waals surface area contributed by atoms with E-state index < -0.39 is 0 Å². The average molecular weight is 369 g/mol. The van der Waals surface area contributed by atoms with Crippen molar-refractivity contribution < 1.29 is 14.3 Å². The second kappa shape index (κ2) is 7.06. The van der Waals surface area contributed by atoms with Crippen LogP contribution in [0.4, 0.5) is 0 Å². The molecule has 2 aliphatic rings. The molecule has 142 valence electrons. The van der Waals surface area contributed by atoms with Gasteiger partial charge in [0, 0.05) is 25.1 Å². The van der Waals surface area contributed by atoms with Gasteiger partial charge in [-0.1, -0.05) is 25.3 Å². The average Bonchev–Trinajstić information content (AvgIpc) is 3.17. The lowest BCUT2D eigenvalue weighted by molar-refractivity contribution is 0.0929. The molecule has 7 heteroatoms. The van der Waals surface area contributed by atoms with Gasteiger partial charge in [-0.05, 0) is 36.6 Å². The van der Waals surface area contributed by atoms with Gasteiger partial charge >= 0.3 is 0 Å². The first kappa shape index (κ1) is 17.6. The van der Waals surface area contributed by atoms with Crippen LogP contribution in [0.25, 0.3) is 0 Å². The summed E-state index contributed by atoms with van der Waals surface area (Å²) >= 11 is 0. The molecule has 0 atom stereocenters. The van der Waals surface area contributed by atoms with Gasteiger partial charge in [0.1, 0.15) is 5.69 Å². The highest BCUT2D eigenvalue weighted by atomic mass is 16.7. The minimum Gasteiger partial charge on any atom is -0.454 e. The Labute approximate surface area is 157 Å². The highest BCUT2D eigenvalue weighted by molar-refractivity contribution is 5.92. The molecular formula is C20H23N3O4. The van der Waals surface area contributed by atoms with Gasteiger partial charge in [-0.25, -0.2) is 4.68 Å². The Balaban J connectivity index is 1.56. The van der Waals surface area contributed by atoms with Gasteiger partial charge in [0.2, 0.25) is 6.79 Å². The molecule has 0 bridgehead atoms. The normalized spacial score (nSPS) is 17.5. The van der Waals surface area contributed by atoms with Crippen molar-refractivity contribution in [1.29, 1.82) is 0 Å². The fourth-order valence-electron chi connectivity index (χ4n) is 3.99. The second-order valence-corrected chi connectivity index (χ2v) is 7.27. The van der Waals surface area contributed by atoms with E-state index >= 15 is 0 Å². The quantitative estimate of drug-likeness (QED) is 0.893. The van der Waals surface area contributed by atoms with Crippen molar-refractivity contribution in [3.05, 3.63) is 51.9 Å². The van der Waals surface area contributed by atoms with Crippen molar-refractivity contribution in [3.63, 3.8) is 0 Å². The molecule has 2 aromatic rings. The van der Waals surface area contributed by atoms with Crippen LogP contribution in [0.1, 0.15) is 48.2 Å². The molecule has 7 nitrogen and oxygen atoms in total. The first-order valence-corrected chi connectivity index (χ1v) is 9.30. The van der Waals surface area contributed by atoms with Crippen LogP contribution in [0, 0.1) is 0 Å². The summed E-state index contributed by atoms with van der Waals surface area (Å²) < 4.78 is 12.1. The number of nitrogens with one attached hydrogen (secondary N) is 1. The number of carbonyl (C=O) groups is 1. The van der Waals surface area contributed by atoms with Gasteiger partial charge < -0.3 is 14.8 Å².